The summed E-state index contributed by atoms with van der Waals surface area (Å²) in [5, 5.41) is 12.1. The van der Waals surface area contributed by atoms with Gasteiger partial charge in [-0.3, -0.25) is 14.7 Å². The molecule has 2 aromatic rings. The van der Waals surface area contributed by atoms with E-state index in [1.54, 1.807) is 31.4 Å². The third-order valence-electron chi connectivity index (χ3n) is 3.40. The van der Waals surface area contributed by atoms with E-state index in [0.29, 0.717) is 22.9 Å². The molecule has 5 nitrogen and oxygen atoms in total. The van der Waals surface area contributed by atoms with Crippen molar-refractivity contribution in [2.45, 2.75) is 19.8 Å². The van der Waals surface area contributed by atoms with Crippen LogP contribution >= 0.6 is 0 Å². The zero-order valence-corrected chi connectivity index (χ0v) is 12.9. The normalized spacial score (nSPS) is 10.1. The van der Waals surface area contributed by atoms with Gasteiger partial charge in [0.15, 0.2) is 0 Å². The molecule has 0 aliphatic carbocycles. The number of hydrogen-bond donors (Lipinski definition) is 1. The van der Waals surface area contributed by atoms with Crippen LogP contribution in [-0.4, -0.2) is 18.4 Å². The lowest BCUT2D eigenvalue weighted by atomic mass is 10.1. The summed E-state index contributed by atoms with van der Waals surface area (Å²) in [4.78, 5) is 17.4. The Hall–Kier alpha value is -2.87. The molecular weight excluding hydrogens is 276 g/mol. The number of rotatable bonds is 5. The van der Waals surface area contributed by atoms with Crippen LogP contribution in [0.3, 0.4) is 0 Å². The SMILES string of the molecule is CNc1ccc(C#N)cc1N(C=O)c1ccc(C(C)C)nc1. The molecule has 1 aromatic heterocycles. The van der Waals surface area contributed by atoms with Gasteiger partial charge < -0.3 is 5.32 Å². The van der Waals surface area contributed by atoms with Crippen molar-refractivity contribution in [1.29, 1.82) is 5.26 Å². The first kappa shape index (κ1) is 15.5. The second kappa shape index (κ2) is 6.72. The van der Waals surface area contributed by atoms with Gasteiger partial charge in [0.2, 0.25) is 6.41 Å². The molecule has 0 atom stereocenters. The van der Waals surface area contributed by atoms with Gasteiger partial charge in [0.05, 0.1) is 34.9 Å². The molecule has 0 spiro atoms. The summed E-state index contributed by atoms with van der Waals surface area (Å²) in [7, 11) is 1.77. The minimum absolute atomic E-state index is 0.327. The number of nitrogens with zero attached hydrogens (tertiary/aromatic N) is 3. The molecule has 0 radical (unpaired) electrons. The number of pyridine rings is 1. The largest absolute Gasteiger partial charge is 0.386 e. The summed E-state index contributed by atoms with van der Waals surface area (Å²) in [6.07, 6.45) is 2.39. The predicted molar refractivity (Wildman–Crippen MR) is 87.2 cm³/mol. The number of amides is 1. The van der Waals surface area contributed by atoms with Crippen molar-refractivity contribution >= 4 is 23.5 Å². The van der Waals surface area contributed by atoms with Crippen LogP contribution in [-0.2, 0) is 4.79 Å². The first-order chi connectivity index (χ1) is 10.6. The topological polar surface area (TPSA) is 69.0 Å². The smallest absolute Gasteiger partial charge is 0.218 e. The Bertz CT molecular complexity index is 702. The molecule has 0 saturated heterocycles. The Kier molecular flexibility index (Phi) is 4.74. The van der Waals surface area contributed by atoms with Gasteiger partial charge in [0.25, 0.3) is 0 Å². The summed E-state index contributed by atoms with van der Waals surface area (Å²) in [5.74, 6) is 0.327. The molecule has 1 aromatic carbocycles. The van der Waals surface area contributed by atoms with Crippen molar-refractivity contribution in [2.24, 2.45) is 0 Å². The number of aromatic nitrogens is 1. The van der Waals surface area contributed by atoms with E-state index in [0.717, 1.165) is 17.8 Å². The number of hydrogen-bond acceptors (Lipinski definition) is 4. The average Bonchev–Trinajstić information content (AvgIpc) is 2.56. The molecule has 1 amide bonds. The highest BCUT2D eigenvalue weighted by molar-refractivity contribution is 5.92. The Morgan fingerprint density at radius 2 is 2.09 bits per heavy atom. The lowest BCUT2D eigenvalue weighted by molar-refractivity contribution is -0.106. The summed E-state index contributed by atoms with van der Waals surface area (Å²) < 4.78 is 0. The molecule has 0 saturated carbocycles. The third-order valence-corrected chi connectivity index (χ3v) is 3.40. The Morgan fingerprint density at radius 3 is 2.59 bits per heavy atom. The number of nitrogens with one attached hydrogen (secondary N) is 1. The molecule has 2 rings (SSSR count). The minimum Gasteiger partial charge on any atom is -0.386 e. The van der Waals surface area contributed by atoms with Crippen LogP contribution in [0.5, 0.6) is 0 Å². The summed E-state index contributed by atoms with van der Waals surface area (Å²) in [6, 6.07) is 11.0. The molecule has 112 valence electrons. The molecule has 0 unspecified atom stereocenters. The van der Waals surface area contributed by atoms with E-state index in [9.17, 15) is 4.79 Å². The lowest BCUT2D eigenvalue weighted by Crippen LogP contribution is -2.16. The monoisotopic (exact) mass is 294 g/mol. The van der Waals surface area contributed by atoms with E-state index >= 15 is 0 Å². The van der Waals surface area contributed by atoms with Crippen LogP contribution < -0.4 is 10.2 Å². The van der Waals surface area contributed by atoms with E-state index in [1.807, 2.05) is 12.1 Å². The van der Waals surface area contributed by atoms with E-state index in [2.05, 4.69) is 30.2 Å². The van der Waals surface area contributed by atoms with Gasteiger partial charge >= 0.3 is 0 Å². The highest BCUT2D eigenvalue weighted by Crippen LogP contribution is 2.31. The van der Waals surface area contributed by atoms with E-state index < -0.39 is 0 Å². The Balaban J connectivity index is 2.48. The quantitative estimate of drug-likeness (QED) is 0.858. The van der Waals surface area contributed by atoms with Crippen molar-refractivity contribution in [2.75, 3.05) is 17.3 Å². The Labute approximate surface area is 130 Å². The molecule has 0 aliphatic rings. The van der Waals surface area contributed by atoms with Crippen molar-refractivity contribution < 1.29 is 4.79 Å². The molecule has 0 bridgehead atoms. The van der Waals surface area contributed by atoms with Crippen LogP contribution in [0.25, 0.3) is 0 Å². The van der Waals surface area contributed by atoms with Gasteiger partial charge in [0.1, 0.15) is 0 Å². The van der Waals surface area contributed by atoms with Crippen LogP contribution in [0.15, 0.2) is 36.5 Å². The summed E-state index contributed by atoms with van der Waals surface area (Å²) in [6.45, 7) is 4.13. The fraction of sp³-hybridized carbons (Fsp3) is 0.235. The van der Waals surface area contributed by atoms with Crippen LogP contribution in [0.2, 0.25) is 0 Å². The fourth-order valence-electron chi connectivity index (χ4n) is 2.15. The van der Waals surface area contributed by atoms with Gasteiger partial charge in [-0.05, 0) is 36.2 Å². The second-order valence-electron chi connectivity index (χ2n) is 5.17. The molecule has 5 heteroatoms. The van der Waals surface area contributed by atoms with Crippen molar-refractivity contribution in [3.05, 3.63) is 47.8 Å². The molecule has 22 heavy (non-hydrogen) atoms. The molecule has 1 heterocycles. The van der Waals surface area contributed by atoms with E-state index in [4.69, 9.17) is 5.26 Å². The second-order valence-corrected chi connectivity index (χ2v) is 5.17. The first-order valence-corrected chi connectivity index (χ1v) is 7.03. The van der Waals surface area contributed by atoms with Crippen molar-refractivity contribution in [3.63, 3.8) is 0 Å². The van der Waals surface area contributed by atoms with Crippen LogP contribution in [0.1, 0.15) is 31.0 Å². The molecule has 0 aliphatic heterocycles. The number of anilines is 3. The van der Waals surface area contributed by atoms with Crippen LogP contribution in [0, 0.1) is 11.3 Å². The minimum atomic E-state index is 0.327. The standard InChI is InChI=1S/C17H18N4O/c1-12(2)15-7-5-14(10-20-15)21(11-22)17-8-13(9-18)4-6-16(17)19-3/h4-8,10-12,19H,1-3H3. The highest BCUT2D eigenvalue weighted by Gasteiger charge is 2.14. The molecule has 1 N–H and O–H groups in total. The van der Waals surface area contributed by atoms with Gasteiger partial charge in [-0.25, -0.2) is 0 Å². The maximum atomic E-state index is 11.6. The number of carbonyl (C=O) groups excluding carboxylic acids is 1. The number of carbonyl (C=O) groups is 1. The van der Waals surface area contributed by atoms with Crippen molar-refractivity contribution in [3.8, 4) is 6.07 Å². The molecule has 0 fully saturated rings. The Morgan fingerprint density at radius 1 is 1.32 bits per heavy atom. The average molecular weight is 294 g/mol. The van der Waals surface area contributed by atoms with Gasteiger partial charge in [-0.1, -0.05) is 13.8 Å². The van der Waals surface area contributed by atoms with Gasteiger partial charge in [-0.15, -0.1) is 0 Å². The molecular formula is C17H18N4O. The number of nitriles is 1. The maximum Gasteiger partial charge on any atom is 0.218 e. The highest BCUT2D eigenvalue weighted by atomic mass is 16.1. The van der Waals surface area contributed by atoms with E-state index in [-0.39, 0.29) is 0 Å². The van der Waals surface area contributed by atoms with E-state index in [1.165, 1.54) is 4.90 Å². The summed E-state index contributed by atoms with van der Waals surface area (Å²) >= 11 is 0. The third kappa shape index (κ3) is 3.07. The lowest BCUT2D eigenvalue weighted by Gasteiger charge is -2.21. The van der Waals surface area contributed by atoms with Gasteiger partial charge in [0, 0.05) is 12.7 Å². The van der Waals surface area contributed by atoms with Crippen molar-refractivity contribution in [1.82, 2.24) is 4.98 Å². The summed E-state index contributed by atoms with van der Waals surface area (Å²) in [5.41, 5.74) is 3.50. The first-order valence-electron chi connectivity index (χ1n) is 7.03. The number of benzene rings is 1. The fourth-order valence-corrected chi connectivity index (χ4v) is 2.15. The zero-order chi connectivity index (χ0) is 16.1. The van der Waals surface area contributed by atoms with Gasteiger partial charge in [-0.2, -0.15) is 5.26 Å². The predicted octanol–water partition coefficient (Wildman–Crippen LogP) is 3.41. The van der Waals surface area contributed by atoms with Crippen LogP contribution in [0.4, 0.5) is 17.1 Å². The zero-order valence-electron chi connectivity index (χ0n) is 12.9. The maximum absolute atomic E-state index is 11.6.